The maximum absolute atomic E-state index is 12.1. The molecule has 0 aliphatic rings. The van der Waals surface area contributed by atoms with Crippen molar-refractivity contribution in [3.05, 3.63) is 65.2 Å². The van der Waals surface area contributed by atoms with Gasteiger partial charge in [0.05, 0.1) is 0 Å². The zero-order chi connectivity index (χ0) is 18.2. The second kappa shape index (κ2) is 8.99. The van der Waals surface area contributed by atoms with Gasteiger partial charge in [-0.05, 0) is 37.6 Å². The molecule has 0 heterocycles. The summed E-state index contributed by atoms with van der Waals surface area (Å²) in [6.45, 7) is 4.00. The Balaban J connectivity index is 1.91. The van der Waals surface area contributed by atoms with Crippen molar-refractivity contribution in [1.29, 1.82) is 0 Å². The van der Waals surface area contributed by atoms with E-state index >= 15 is 0 Å². The normalized spacial score (nSPS) is 11.8. The molecule has 2 rings (SSSR count). The molecule has 5 heteroatoms. The number of aliphatic carboxylic acids is 1. The Kier molecular flexibility index (Phi) is 6.71. The molecular formula is C20H22O5. The van der Waals surface area contributed by atoms with Crippen LogP contribution in [-0.4, -0.2) is 36.2 Å². The molecule has 0 amide bonds. The van der Waals surface area contributed by atoms with Gasteiger partial charge in [-0.15, -0.1) is 0 Å². The molecule has 2 aromatic rings. The van der Waals surface area contributed by atoms with Crippen LogP contribution < -0.4 is 4.74 Å². The predicted molar refractivity (Wildman–Crippen MR) is 94.2 cm³/mol. The van der Waals surface area contributed by atoms with E-state index < -0.39 is 12.1 Å². The van der Waals surface area contributed by atoms with Crippen LogP contribution >= 0.6 is 0 Å². The number of benzene rings is 2. The van der Waals surface area contributed by atoms with Crippen LogP contribution in [0.4, 0.5) is 0 Å². The second-order valence-corrected chi connectivity index (χ2v) is 5.71. The lowest BCUT2D eigenvalue weighted by molar-refractivity contribution is -0.149. The molecule has 0 bridgehead atoms. The van der Waals surface area contributed by atoms with Gasteiger partial charge in [-0.3, -0.25) is 4.79 Å². The largest absolute Gasteiger partial charge is 0.485 e. The number of rotatable bonds is 9. The Morgan fingerprint density at radius 3 is 2.44 bits per heavy atom. The molecule has 0 spiro atoms. The number of carbonyl (C=O) groups excluding carboxylic acids is 1. The Hall–Kier alpha value is -2.66. The number of carboxylic acids is 1. The summed E-state index contributed by atoms with van der Waals surface area (Å²) < 4.78 is 10.7. The molecule has 0 unspecified atom stereocenters. The van der Waals surface area contributed by atoms with Gasteiger partial charge < -0.3 is 14.6 Å². The van der Waals surface area contributed by atoms with Gasteiger partial charge in [0.1, 0.15) is 5.75 Å². The van der Waals surface area contributed by atoms with Gasteiger partial charge in [-0.1, -0.05) is 35.9 Å². The van der Waals surface area contributed by atoms with Crippen molar-refractivity contribution in [1.82, 2.24) is 0 Å². The number of ether oxygens (including phenoxy) is 2. The molecule has 0 aliphatic carbocycles. The summed E-state index contributed by atoms with van der Waals surface area (Å²) in [6, 6.07) is 14.4. The van der Waals surface area contributed by atoms with E-state index in [1.54, 1.807) is 37.3 Å². The van der Waals surface area contributed by atoms with Crippen molar-refractivity contribution in [2.75, 3.05) is 13.2 Å². The quantitative estimate of drug-likeness (QED) is 0.708. The lowest BCUT2D eigenvalue weighted by Crippen LogP contribution is -2.26. The standard InChI is InChI=1S/C20H22O5/c1-3-24-19(20(22)23)12-15-7-9-17(10-8-15)25-13-18(21)16-6-4-5-14(2)11-16/h4-11,19H,3,12-13H2,1-2H3,(H,22,23)/t19-/m1/s1. The fraction of sp³-hybridized carbons (Fsp3) is 0.300. The second-order valence-electron chi connectivity index (χ2n) is 5.71. The van der Waals surface area contributed by atoms with E-state index in [-0.39, 0.29) is 18.8 Å². The number of hydrogen-bond donors (Lipinski definition) is 1. The van der Waals surface area contributed by atoms with Gasteiger partial charge in [0.25, 0.3) is 0 Å². The van der Waals surface area contributed by atoms with E-state index in [2.05, 4.69) is 0 Å². The van der Waals surface area contributed by atoms with Gasteiger partial charge >= 0.3 is 5.97 Å². The van der Waals surface area contributed by atoms with Gasteiger partial charge in [-0.25, -0.2) is 4.79 Å². The van der Waals surface area contributed by atoms with Crippen LogP contribution in [0, 0.1) is 6.92 Å². The molecule has 1 atom stereocenters. The maximum Gasteiger partial charge on any atom is 0.333 e. The molecular weight excluding hydrogens is 320 g/mol. The molecule has 132 valence electrons. The molecule has 0 aliphatic heterocycles. The summed E-state index contributed by atoms with van der Waals surface area (Å²) in [5.41, 5.74) is 2.48. The molecule has 0 aromatic heterocycles. The summed E-state index contributed by atoms with van der Waals surface area (Å²) >= 11 is 0. The van der Waals surface area contributed by atoms with Gasteiger partial charge in [0.2, 0.25) is 0 Å². The number of aryl methyl sites for hydroxylation is 1. The Morgan fingerprint density at radius 1 is 1.12 bits per heavy atom. The van der Waals surface area contributed by atoms with Crippen molar-refractivity contribution < 1.29 is 24.2 Å². The zero-order valence-electron chi connectivity index (χ0n) is 14.4. The first-order valence-corrected chi connectivity index (χ1v) is 8.15. The highest BCUT2D eigenvalue weighted by Gasteiger charge is 2.17. The van der Waals surface area contributed by atoms with Crippen molar-refractivity contribution in [2.45, 2.75) is 26.4 Å². The predicted octanol–water partition coefficient (Wildman–Crippen LogP) is 3.29. The highest BCUT2D eigenvalue weighted by molar-refractivity contribution is 5.97. The first-order chi connectivity index (χ1) is 12.0. The van der Waals surface area contributed by atoms with Crippen LogP contribution in [0.15, 0.2) is 48.5 Å². The first-order valence-electron chi connectivity index (χ1n) is 8.15. The molecule has 2 aromatic carbocycles. The Bertz CT molecular complexity index is 721. The minimum Gasteiger partial charge on any atom is -0.485 e. The molecule has 0 radical (unpaired) electrons. The number of hydrogen-bond acceptors (Lipinski definition) is 4. The number of carbonyl (C=O) groups is 2. The average Bonchev–Trinajstić information content (AvgIpc) is 2.60. The highest BCUT2D eigenvalue weighted by atomic mass is 16.5. The first kappa shape index (κ1) is 18.7. The van der Waals surface area contributed by atoms with Gasteiger partial charge in [0, 0.05) is 18.6 Å². The van der Waals surface area contributed by atoms with Crippen molar-refractivity contribution in [3.63, 3.8) is 0 Å². The summed E-state index contributed by atoms with van der Waals surface area (Å²) in [5.74, 6) is -0.506. The van der Waals surface area contributed by atoms with Crippen molar-refractivity contribution in [3.8, 4) is 5.75 Å². The number of ketones is 1. The van der Waals surface area contributed by atoms with Crippen molar-refractivity contribution in [2.24, 2.45) is 0 Å². The van der Waals surface area contributed by atoms with Crippen LogP contribution in [0.1, 0.15) is 28.4 Å². The molecule has 0 fully saturated rings. The van der Waals surface area contributed by atoms with Crippen LogP contribution in [0.25, 0.3) is 0 Å². The molecule has 0 saturated carbocycles. The van der Waals surface area contributed by atoms with Crippen molar-refractivity contribution >= 4 is 11.8 Å². The SMILES string of the molecule is CCO[C@H](Cc1ccc(OCC(=O)c2cccc(C)c2)cc1)C(=O)O. The summed E-state index contributed by atoms with van der Waals surface area (Å²) in [4.78, 5) is 23.2. The van der Waals surface area contributed by atoms with E-state index in [4.69, 9.17) is 14.6 Å². The van der Waals surface area contributed by atoms with E-state index in [1.807, 2.05) is 25.1 Å². The minimum atomic E-state index is -0.981. The number of carboxylic acid groups (broad SMARTS) is 1. The lowest BCUT2D eigenvalue weighted by Gasteiger charge is -2.12. The maximum atomic E-state index is 12.1. The van der Waals surface area contributed by atoms with Gasteiger partial charge in [0.15, 0.2) is 18.5 Å². The fourth-order valence-electron chi connectivity index (χ4n) is 2.41. The van der Waals surface area contributed by atoms with Crippen LogP contribution in [0.3, 0.4) is 0 Å². The molecule has 25 heavy (non-hydrogen) atoms. The monoisotopic (exact) mass is 342 g/mol. The highest BCUT2D eigenvalue weighted by Crippen LogP contribution is 2.15. The summed E-state index contributed by atoms with van der Waals surface area (Å²) in [7, 11) is 0. The topological polar surface area (TPSA) is 72.8 Å². The van der Waals surface area contributed by atoms with E-state index in [0.29, 0.717) is 17.9 Å². The zero-order valence-corrected chi connectivity index (χ0v) is 14.4. The molecule has 1 N–H and O–H groups in total. The third-order valence-corrected chi connectivity index (χ3v) is 3.70. The smallest absolute Gasteiger partial charge is 0.333 e. The van der Waals surface area contributed by atoms with Crippen LogP contribution in [0.5, 0.6) is 5.75 Å². The average molecular weight is 342 g/mol. The van der Waals surface area contributed by atoms with E-state index in [0.717, 1.165) is 11.1 Å². The van der Waals surface area contributed by atoms with Crippen LogP contribution in [-0.2, 0) is 16.0 Å². The number of Topliss-reactive ketones (excluding diaryl/α,β-unsaturated/α-hetero) is 1. The van der Waals surface area contributed by atoms with E-state index in [9.17, 15) is 9.59 Å². The molecule has 0 saturated heterocycles. The third-order valence-electron chi connectivity index (χ3n) is 3.70. The third kappa shape index (κ3) is 5.72. The van der Waals surface area contributed by atoms with Gasteiger partial charge in [-0.2, -0.15) is 0 Å². The lowest BCUT2D eigenvalue weighted by atomic mass is 10.1. The summed E-state index contributed by atoms with van der Waals surface area (Å²) in [5, 5.41) is 9.11. The molecule has 5 nitrogen and oxygen atoms in total. The Labute approximate surface area is 147 Å². The minimum absolute atomic E-state index is 0.0422. The Morgan fingerprint density at radius 2 is 1.84 bits per heavy atom. The summed E-state index contributed by atoms with van der Waals surface area (Å²) in [6.07, 6.45) is -0.578. The fourth-order valence-corrected chi connectivity index (χ4v) is 2.41. The van der Waals surface area contributed by atoms with Crippen LogP contribution in [0.2, 0.25) is 0 Å². The van der Waals surface area contributed by atoms with E-state index in [1.165, 1.54) is 0 Å².